The van der Waals surface area contributed by atoms with Gasteiger partial charge in [0, 0.05) is 23.8 Å². The van der Waals surface area contributed by atoms with E-state index < -0.39 is 35.0 Å². The number of benzene rings is 1. The number of halogens is 1. The van der Waals surface area contributed by atoms with Gasteiger partial charge >= 0.3 is 0 Å². The highest BCUT2D eigenvalue weighted by Gasteiger charge is 2.78. The van der Waals surface area contributed by atoms with Gasteiger partial charge in [0.05, 0.1) is 24.0 Å². The molecule has 3 amide bonds. The van der Waals surface area contributed by atoms with Crippen molar-refractivity contribution in [3.63, 3.8) is 0 Å². The Labute approximate surface area is 192 Å². The van der Waals surface area contributed by atoms with Gasteiger partial charge < -0.3 is 25.4 Å². The molecule has 5 atom stereocenters. The lowest BCUT2D eigenvalue weighted by molar-refractivity contribution is -0.146. The highest BCUT2D eigenvalue weighted by atomic mass is 35.5. The van der Waals surface area contributed by atoms with Crippen LogP contribution in [0, 0.1) is 11.8 Å². The van der Waals surface area contributed by atoms with Gasteiger partial charge in [-0.3, -0.25) is 14.4 Å². The van der Waals surface area contributed by atoms with Crippen LogP contribution in [0.2, 0.25) is 5.02 Å². The summed E-state index contributed by atoms with van der Waals surface area (Å²) in [6.07, 6.45) is 2.48. The topological polar surface area (TPSA) is 108 Å². The summed E-state index contributed by atoms with van der Waals surface area (Å²) in [5, 5.41) is 16.0. The van der Waals surface area contributed by atoms with Crippen molar-refractivity contribution in [2.75, 3.05) is 25.0 Å². The zero-order valence-corrected chi connectivity index (χ0v) is 19.2. The molecule has 9 heteroatoms. The number of hydrogen-bond acceptors (Lipinski definition) is 5. The first-order valence-electron chi connectivity index (χ1n) is 11.3. The van der Waals surface area contributed by atoms with E-state index in [4.69, 9.17) is 16.3 Å². The maximum absolute atomic E-state index is 13.6. The standard InChI is InChI=1S/C23H30ClN3O5/c1-3-11-25-19(29)16-17-21(31)27(12-13-28)18(23(17)10-9-22(16,4-2)32-23)20(30)26-15-7-5-14(24)6-8-15/h5-8,16-18,28H,3-4,9-13H2,1-2H3,(H,25,29)(H,26,30)/t16-,17+,18?,22+,23?/m1/s1. The van der Waals surface area contributed by atoms with Crippen LogP contribution in [0.15, 0.2) is 24.3 Å². The Bertz CT molecular complexity index is 909. The summed E-state index contributed by atoms with van der Waals surface area (Å²) in [7, 11) is 0. The van der Waals surface area contributed by atoms with Gasteiger partial charge in [0.1, 0.15) is 11.6 Å². The molecule has 1 spiro atoms. The van der Waals surface area contributed by atoms with E-state index in [1.165, 1.54) is 4.90 Å². The number of amides is 3. The largest absolute Gasteiger partial charge is 0.395 e. The third kappa shape index (κ3) is 3.40. The van der Waals surface area contributed by atoms with Crippen molar-refractivity contribution >= 4 is 35.0 Å². The third-order valence-electron chi connectivity index (χ3n) is 7.21. The number of β-amino-alcohol motifs (C(OH)–C–C–N with tert-alkyl or cyclic N) is 1. The number of aliphatic hydroxyl groups excluding tert-OH is 1. The van der Waals surface area contributed by atoms with Gasteiger partial charge in [-0.15, -0.1) is 0 Å². The van der Waals surface area contributed by atoms with E-state index >= 15 is 0 Å². The number of rotatable bonds is 8. The Morgan fingerprint density at radius 3 is 2.56 bits per heavy atom. The van der Waals surface area contributed by atoms with Gasteiger partial charge in [-0.2, -0.15) is 0 Å². The number of hydrogen-bond donors (Lipinski definition) is 3. The predicted molar refractivity (Wildman–Crippen MR) is 119 cm³/mol. The average Bonchev–Trinajstić information content (AvgIpc) is 3.38. The number of nitrogens with one attached hydrogen (secondary N) is 2. The zero-order chi connectivity index (χ0) is 23.1. The minimum Gasteiger partial charge on any atom is -0.395 e. The molecule has 8 nitrogen and oxygen atoms in total. The zero-order valence-electron chi connectivity index (χ0n) is 18.4. The molecule has 2 unspecified atom stereocenters. The summed E-state index contributed by atoms with van der Waals surface area (Å²) < 4.78 is 6.59. The molecule has 0 aromatic heterocycles. The van der Waals surface area contributed by atoms with E-state index in [0.717, 1.165) is 6.42 Å². The van der Waals surface area contributed by atoms with E-state index in [1.807, 2.05) is 13.8 Å². The predicted octanol–water partition coefficient (Wildman–Crippen LogP) is 1.95. The number of aliphatic hydroxyl groups is 1. The maximum atomic E-state index is 13.6. The molecule has 4 rings (SSSR count). The fourth-order valence-corrected chi connectivity index (χ4v) is 5.99. The number of likely N-dealkylation sites (tertiary alicyclic amines) is 1. The minimum atomic E-state index is -1.09. The molecule has 32 heavy (non-hydrogen) atoms. The molecule has 3 N–H and O–H groups in total. The lowest BCUT2D eigenvalue weighted by Crippen LogP contribution is -2.53. The quantitative estimate of drug-likeness (QED) is 0.546. The molecular formula is C23H30ClN3O5. The van der Waals surface area contributed by atoms with Gasteiger partial charge in [0.15, 0.2) is 0 Å². The smallest absolute Gasteiger partial charge is 0.250 e. The van der Waals surface area contributed by atoms with Crippen LogP contribution in [0.1, 0.15) is 39.5 Å². The molecule has 3 heterocycles. The van der Waals surface area contributed by atoms with Gasteiger partial charge in [-0.1, -0.05) is 25.4 Å². The van der Waals surface area contributed by atoms with Crippen LogP contribution in [0.3, 0.4) is 0 Å². The van der Waals surface area contributed by atoms with Crippen molar-refractivity contribution in [1.82, 2.24) is 10.2 Å². The number of nitrogens with zero attached hydrogens (tertiary/aromatic N) is 1. The highest BCUT2D eigenvalue weighted by Crippen LogP contribution is 2.64. The first kappa shape index (κ1) is 23.0. The van der Waals surface area contributed by atoms with Crippen molar-refractivity contribution in [2.45, 2.75) is 56.8 Å². The van der Waals surface area contributed by atoms with Crippen LogP contribution in [0.5, 0.6) is 0 Å². The second-order valence-corrected chi connectivity index (χ2v) is 9.31. The minimum absolute atomic E-state index is 0.00156. The number of fused-ring (bicyclic) bond motifs is 1. The number of ether oxygens (including phenoxy) is 1. The summed E-state index contributed by atoms with van der Waals surface area (Å²) in [6, 6.07) is 5.77. The van der Waals surface area contributed by atoms with Gasteiger partial charge in [0.2, 0.25) is 17.7 Å². The SMILES string of the molecule is CCCNC(=O)[C@H]1[C@H]2C(=O)N(CCO)C(C(=O)Nc3ccc(Cl)cc3)C23CC[C@]1(CC)O3. The average molecular weight is 464 g/mol. The number of carbonyl (C=O) groups excluding carboxylic acids is 3. The summed E-state index contributed by atoms with van der Waals surface area (Å²) >= 11 is 5.94. The van der Waals surface area contributed by atoms with Crippen molar-refractivity contribution in [1.29, 1.82) is 0 Å². The lowest BCUT2D eigenvalue weighted by Gasteiger charge is -2.33. The van der Waals surface area contributed by atoms with Gasteiger partial charge in [-0.05, 0) is 49.9 Å². The van der Waals surface area contributed by atoms with Crippen molar-refractivity contribution < 1.29 is 24.2 Å². The van der Waals surface area contributed by atoms with Crippen LogP contribution >= 0.6 is 11.6 Å². The lowest BCUT2D eigenvalue weighted by atomic mass is 9.65. The van der Waals surface area contributed by atoms with Crippen LogP contribution in [0.25, 0.3) is 0 Å². The molecule has 1 aromatic rings. The van der Waals surface area contributed by atoms with E-state index in [1.54, 1.807) is 24.3 Å². The first-order valence-corrected chi connectivity index (χ1v) is 11.7. The molecule has 0 aliphatic carbocycles. The van der Waals surface area contributed by atoms with Gasteiger partial charge in [0.25, 0.3) is 0 Å². The molecule has 0 radical (unpaired) electrons. The Morgan fingerprint density at radius 1 is 1.22 bits per heavy atom. The monoisotopic (exact) mass is 463 g/mol. The molecule has 3 aliphatic rings. The Hall–Kier alpha value is -2.16. The van der Waals surface area contributed by atoms with E-state index in [2.05, 4.69) is 10.6 Å². The Morgan fingerprint density at radius 2 is 1.94 bits per heavy atom. The van der Waals surface area contributed by atoms with Crippen molar-refractivity contribution in [3.05, 3.63) is 29.3 Å². The number of anilines is 1. The highest BCUT2D eigenvalue weighted by molar-refractivity contribution is 6.30. The third-order valence-corrected chi connectivity index (χ3v) is 7.47. The van der Waals surface area contributed by atoms with Crippen LogP contribution in [-0.4, -0.2) is 64.7 Å². The summed E-state index contributed by atoms with van der Waals surface area (Å²) in [6.45, 7) is 4.16. The second-order valence-electron chi connectivity index (χ2n) is 8.88. The van der Waals surface area contributed by atoms with Crippen LogP contribution in [-0.2, 0) is 19.1 Å². The van der Waals surface area contributed by atoms with E-state index in [0.29, 0.717) is 36.5 Å². The Balaban J connectivity index is 1.71. The molecule has 1 aromatic carbocycles. The normalized spacial score (nSPS) is 32.8. The molecule has 3 aliphatic heterocycles. The second kappa shape index (κ2) is 8.65. The van der Waals surface area contributed by atoms with E-state index in [9.17, 15) is 19.5 Å². The molecule has 0 saturated carbocycles. The molecule has 174 valence electrons. The van der Waals surface area contributed by atoms with Crippen LogP contribution < -0.4 is 10.6 Å². The van der Waals surface area contributed by atoms with Crippen molar-refractivity contribution in [3.8, 4) is 0 Å². The molecule has 2 bridgehead atoms. The number of carbonyl (C=O) groups is 3. The fourth-order valence-electron chi connectivity index (χ4n) is 5.87. The molecule has 3 fully saturated rings. The maximum Gasteiger partial charge on any atom is 0.250 e. The molecule has 3 saturated heterocycles. The summed E-state index contributed by atoms with van der Waals surface area (Å²) in [5.74, 6) is -2.30. The van der Waals surface area contributed by atoms with Crippen LogP contribution in [0.4, 0.5) is 5.69 Å². The summed E-state index contributed by atoms with van der Waals surface area (Å²) in [4.78, 5) is 41.6. The fraction of sp³-hybridized carbons (Fsp3) is 0.609. The molecular weight excluding hydrogens is 434 g/mol. The first-order chi connectivity index (χ1) is 15.3. The Kier molecular flexibility index (Phi) is 6.22. The summed E-state index contributed by atoms with van der Waals surface area (Å²) in [5.41, 5.74) is -1.31. The van der Waals surface area contributed by atoms with E-state index in [-0.39, 0.29) is 25.0 Å². The van der Waals surface area contributed by atoms with Gasteiger partial charge in [-0.25, -0.2) is 0 Å². The van der Waals surface area contributed by atoms with Crippen molar-refractivity contribution in [2.24, 2.45) is 11.8 Å².